The Balaban J connectivity index is 1.54. The normalized spacial score (nSPS) is 17.2. The largest absolute Gasteiger partial charge is 0.381 e. The van der Waals surface area contributed by atoms with Crippen molar-refractivity contribution < 1.29 is 9.53 Å². The molecule has 1 aliphatic heterocycles. The zero-order valence-corrected chi connectivity index (χ0v) is 17.5. The minimum absolute atomic E-state index is 0.0483. The van der Waals surface area contributed by atoms with Crippen molar-refractivity contribution in [1.29, 1.82) is 0 Å². The predicted molar refractivity (Wildman–Crippen MR) is 117 cm³/mol. The number of fused-ring (bicyclic) bond motifs is 1. The predicted octanol–water partition coefficient (Wildman–Crippen LogP) is 4.58. The van der Waals surface area contributed by atoms with Crippen LogP contribution < -0.4 is 5.32 Å². The maximum atomic E-state index is 13.5. The Labute approximate surface area is 172 Å². The van der Waals surface area contributed by atoms with E-state index in [4.69, 9.17) is 4.74 Å². The second kappa shape index (κ2) is 8.03. The molecule has 0 saturated carbocycles. The molecule has 1 aromatic heterocycles. The summed E-state index contributed by atoms with van der Waals surface area (Å²) in [5, 5.41) is 4.55. The number of aromatic amines is 1. The molecule has 2 heterocycles. The lowest BCUT2D eigenvalue weighted by atomic mass is 9.73. The molecule has 152 valence electrons. The molecule has 0 radical (unpaired) electrons. The molecule has 4 rings (SSSR count). The Morgan fingerprint density at radius 1 is 1.14 bits per heavy atom. The van der Waals surface area contributed by atoms with Crippen LogP contribution in [0.3, 0.4) is 0 Å². The molecule has 1 aliphatic rings. The highest BCUT2D eigenvalue weighted by Gasteiger charge is 2.42. The number of carbonyl (C=O) groups is 1. The fraction of sp³-hybridized carbons (Fsp3) is 0.400. The number of hydrogen-bond acceptors (Lipinski definition) is 2. The van der Waals surface area contributed by atoms with Crippen molar-refractivity contribution >= 4 is 16.8 Å². The summed E-state index contributed by atoms with van der Waals surface area (Å²) in [5.41, 5.74) is 5.47. The molecule has 0 bridgehead atoms. The Bertz CT molecular complexity index is 997. The molecule has 1 amide bonds. The third kappa shape index (κ3) is 3.82. The molecule has 4 heteroatoms. The number of aromatic nitrogens is 1. The summed E-state index contributed by atoms with van der Waals surface area (Å²) < 4.78 is 5.59. The fourth-order valence-corrected chi connectivity index (χ4v) is 4.51. The van der Waals surface area contributed by atoms with E-state index in [2.05, 4.69) is 79.7 Å². The van der Waals surface area contributed by atoms with Crippen molar-refractivity contribution in [2.45, 2.75) is 51.5 Å². The molecule has 1 saturated heterocycles. The third-order valence-electron chi connectivity index (χ3n) is 6.30. The summed E-state index contributed by atoms with van der Waals surface area (Å²) in [4.78, 5) is 16.9. The second-order valence-corrected chi connectivity index (χ2v) is 8.45. The summed E-state index contributed by atoms with van der Waals surface area (Å²) in [6.07, 6.45) is 4.32. The van der Waals surface area contributed by atoms with Crippen molar-refractivity contribution in [3.63, 3.8) is 0 Å². The summed E-state index contributed by atoms with van der Waals surface area (Å²) in [5.74, 6) is 0.119. The van der Waals surface area contributed by atoms with E-state index >= 15 is 0 Å². The van der Waals surface area contributed by atoms with E-state index in [1.54, 1.807) is 0 Å². The highest BCUT2D eigenvalue weighted by Crippen LogP contribution is 2.35. The quantitative estimate of drug-likeness (QED) is 0.670. The second-order valence-electron chi connectivity index (χ2n) is 8.45. The molecule has 0 unspecified atom stereocenters. The molecule has 1 atom stereocenters. The highest BCUT2D eigenvalue weighted by molar-refractivity contribution is 5.89. The van der Waals surface area contributed by atoms with Crippen LogP contribution in [0.5, 0.6) is 0 Å². The first-order valence-electron chi connectivity index (χ1n) is 10.5. The van der Waals surface area contributed by atoms with Crippen molar-refractivity contribution in [2.75, 3.05) is 13.2 Å². The zero-order valence-electron chi connectivity index (χ0n) is 17.5. The SMILES string of the molecule is Cc1ccc(C2(C(=O)N[C@@H](C)Cc3c[nH]c4c(C)cccc34)CCOCC2)cc1. The molecule has 0 spiro atoms. The molecule has 3 aromatic rings. The minimum atomic E-state index is -0.503. The number of amides is 1. The van der Waals surface area contributed by atoms with E-state index in [9.17, 15) is 4.79 Å². The number of benzene rings is 2. The van der Waals surface area contributed by atoms with Gasteiger partial charge in [-0.2, -0.15) is 0 Å². The van der Waals surface area contributed by atoms with Gasteiger partial charge in [-0.15, -0.1) is 0 Å². The number of rotatable bonds is 5. The Kier molecular flexibility index (Phi) is 5.46. The Hall–Kier alpha value is -2.59. The lowest BCUT2D eigenvalue weighted by Gasteiger charge is -2.37. The Morgan fingerprint density at radius 2 is 1.86 bits per heavy atom. The average molecular weight is 391 g/mol. The van der Waals surface area contributed by atoms with Gasteiger partial charge in [0, 0.05) is 36.4 Å². The molecule has 2 aromatic carbocycles. The van der Waals surface area contributed by atoms with Gasteiger partial charge in [0.2, 0.25) is 5.91 Å². The van der Waals surface area contributed by atoms with Gasteiger partial charge in [0.15, 0.2) is 0 Å². The first-order valence-corrected chi connectivity index (χ1v) is 10.5. The number of hydrogen-bond donors (Lipinski definition) is 2. The topological polar surface area (TPSA) is 54.1 Å². The van der Waals surface area contributed by atoms with Crippen LogP contribution in [0.4, 0.5) is 0 Å². The number of aryl methyl sites for hydroxylation is 2. The van der Waals surface area contributed by atoms with E-state index in [0.717, 1.165) is 24.8 Å². The van der Waals surface area contributed by atoms with Crippen molar-refractivity contribution in [3.05, 3.63) is 70.9 Å². The van der Waals surface area contributed by atoms with Crippen molar-refractivity contribution in [1.82, 2.24) is 10.3 Å². The van der Waals surface area contributed by atoms with Gasteiger partial charge in [0.05, 0.1) is 5.41 Å². The lowest BCUT2D eigenvalue weighted by Crippen LogP contribution is -2.50. The van der Waals surface area contributed by atoms with E-state index in [1.165, 1.54) is 27.6 Å². The Morgan fingerprint density at radius 3 is 2.59 bits per heavy atom. The van der Waals surface area contributed by atoms with Gasteiger partial charge in [-0.25, -0.2) is 0 Å². The average Bonchev–Trinajstić information content (AvgIpc) is 3.13. The molecule has 29 heavy (non-hydrogen) atoms. The number of para-hydroxylation sites is 1. The van der Waals surface area contributed by atoms with Crippen LogP contribution in [0.1, 0.15) is 42.0 Å². The van der Waals surface area contributed by atoms with Crippen LogP contribution in [-0.2, 0) is 21.4 Å². The molecular weight excluding hydrogens is 360 g/mol. The smallest absolute Gasteiger partial charge is 0.231 e. The maximum Gasteiger partial charge on any atom is 0.231 e. The van der Waals surface area contributed by atoms with Crippen LogP contribution in [0.15, 0.2) is 48.7 Å². The minimum Gasteiger partial charge on any atom is -0.381 e. The molecule has 4 nitrogen and oxygen atoms in total. The number of ether oxygens (including phenoxy) is 1. The van der Waals surface area contributed by atoms with E-state index in [-0.39, 0.29) is 11.9 Å². The van der Waals surface area contributed by atoms with Gasteiger partial charge in [0.25, 0.3) is 0 Å². The lowest BCUT2D eigenvalue weighted by molar-refractivity contribution is -0.131. The third-order valence-corrected chi connectivity index (χ3v) is 6.30. The molecule has 2 N–H and O–H groups in total. The zero-order chi connectivity index (χ0) is 20.4. The van der Waals surface area contributed by atoms with Crippen LogP contribution in [0.25, 0.3) is 10.9 Å². The standard InChI is InChI=1S/C25H30N2O2/c1-17-7-9-21(10-8-17)25(11-13-29-14-12-25)24(28)27-19(3)15-20-16-26-23-18(2)5-4-6-22(20)23/h4-10,16,19,26H,11-15H2,1-3H3,(H,27,28)/t19-/m0/s1. The number of carbonyl (C=O) groups excluding carboxylic acids is 1. The van der Waals surface area contributed by atoms with Gasteiger partial charge in [-0.05, 0) is 56.7 Å². The number of nitrogens with one attached hydrogen (secondary N) is 2. The van der Waals surface area contributed by atoms with E-state index in [1.807, 2.05) is 0 Å². The summed E-state index contributed by atoms with van der Waals surface area (Å²) >= 11 is 0. The first-order chi connectivity index (χ1) is 14.0. The van der Waals surface area contributed by atoms with Gasteiger partial charge in [-0.3, -0.25) is 4.79 Å². The van der Waals surface area contributed by atoms with Crippen LogP contribution in [-0.4, -0.2) is 30.1 Å². The van der Waals surface area contributed by atoms with Crippen LogP contribution in [0, 0.1) is 13.8 Å². The highest BCUT2D eigenvalue weighted by atomic mass is 16.5. The van der Waals surface area contributed by atoms with Crippen LogP contribution >= 0.6 is 0 Å². The van der Waals surface area contributed by atoms with Crippen molar-refractivity contribution in [3.8, 4) is 0 Å². The molecule has 1 fully saturated rings. The molecule has 0 aliphatic carbocycles. The van der Waals surface area contributed by atoms with Gasteiger partial charge < -0.3 is 15.0 Å². The summed E-state index contributed by atoms with van der Waals surface area (Å²) in [7, 11) is 0. The number of H-pyrrole nitrogens is 1. The fourth-order valence-electron chi connectivity index (χ4n) is 4.51. The van der Waals surface area contributed by atoms with Crippen molar-refractivity contribution in [2.24, 2.45) is 0 Å². The van der Waals surface area contributed by atoms with Gasteiger partial charge in [0.1, 0.15) is 0 Å². The first kappa shape index (κ1) is 19.7. The summed E-state index contributed by atoms with van der Waals surface area (Å²) in [6, 6.07) is 14.8. The maximum absolute atomic E-state index is 13.5. The van der Waals surface area contributed by atoms with E-state index in [0.29, 0.717) is 13.2 Å². The van der Waals surface area contributed by atoms with Gasteiger partial charge in [-0.1, -0.05) is 48.0 Å². The van der Waals surface area contributed by atoms with Gasteiger partial charge >= 0.3 is 0 Å². The molecular formula is C25H30N2O2. The summed E-state index contributed by atoms with van der Waals surface area (Å²) in [6.45, 7) is 7.53. The van der Waals surface area contributed by atoms with E-state index < -0.39 is 5.41 Å². The monoisotopic (exact) mass is 390 g/mol. The van der Waals surface area contributed by atoms with Crippen LogP contribution in [0.2, 0.25) is 0 Å².